The van der Waals surface area contributed by atoms with Crippen molar-refractivity contribution in [2.75, 3.05) is 16.4 Å². The van der Waals surface area contributed by atoms with Crippen LogP contribution in [0.3, 0.4) is 0 Å². The molecule has 3 aromatic carbocycles. The van der Waals surface area contributed by atoms with E-state index in [0.29, 0.717) is 33.6 Å². The first-order chi connectivity index (χ1) is 17.3. The van der Waals surface area contributed by atoms with Gasteiger partial charge < -0.3 is 16.4 Å². The zero-order valence-corrected chi connectivity index (χ0v) is 19.6. The summed E-state index contributed by atoms with van der Waals surface area (Å²) < 4.78 is 27.5. The number of aromatic nitrogens is 2. The molecule has 180 valence electrons. The number of nitrogen functional groups attached to an aromatic ring is 1. The fraction of sp³-hybridized carbons (Fsp3) is 0.0400. The number of hydrogen-bond acceptors (Lipinski definition) is 7. The molecule has 1 aliphatic heterocycles. The largest absolute Gasteiger partial charge is 0.397 e. The van der Waals surface area contributed by atoms with Gasteiger partial charge in [-0.2, -0.15) is 0 Å². The lowest BCUT2D eigenvalue weighted by atomic mass is 10.1. The minimum Gasteiger partial charge on any atom is -0.397 e. The predicted octanol–water partition coefficient (Wildman–Crippen LogP) is 3.71. The molecule has 1 aromatic heterocycles. The lowest BCUT2D eigenvalue weighted by Gasteiger charge is -2.29. The van der Waals surface area contributed by atoms with Crippen molar-refractivity contribution in [1.82, 2.24) is 14.3 Å². The number of para-hydroxylation sites is 2. The normalized spacial score (nSPS) is 14.0. The van der Waals surface area contributed by atoms with E-state index in [1.807, 2.05) is 0 Å². The highest BCUT2D eigenvalue weighted by Gasteiger charge is 2.37. The second-order valence-corrected chi connectivity index (χ2v) is 9.85. The van der Waals surface area contributed by atoms with Gasteiger partial charge in [-0.25, -0.2) is 27.5 Å². The summed E-state index contributed by atoms with van der Waals surface area (Å²) in [5.41, 5.74) is 9.12. The van der Waals surface area contributed by atoms with Gasteiger partial charge in [0.25, 0.3) is 15.9 Å². The Labute approximate surface area is 206 Å². The molecule has 4 N–H and O–H groups in total. The third-order valence-electron chi connectivity index (χ3n) is 5.66. The number of nitrogens with two attached hydrogens (primary N) is 1. The minimum atomic E-state index is -4.15. The molecular formula is C25H20N6O4S. The molecule has 1 aliphatic rings. The Kier molecular flexibility index (Phi) is 5.82. The molecule has 0 saturated carbocycles. The Morgan fingerprint density at radius 3 is 2.42 bits per heavy atom. The number of carbonyl (C=O) groups excluding carboxylic acids is 2. The molecule has 0 spiro atoms. The number of fused-ring (bicyclic) bond motifs is 1. The van der Waals surface area contributed by atoms with Gasteiger partial charge in [0.05, 0.1) is 23.6 Å². The summed E-state index contributed by atoms with van der Waals surface area (Å²) in [5, 5.41) is 5.36. The van der Waals surface area contributed by atoms with Crippen LogP contribution in [0.4, 0.5) is 21.9 Å². The highest BCUT2D eigenvalue weighted by molar-refractivity contribution is 7.90. The third kappa shape index (κ3) is 4.34. The van der Waals surface area contributed by atoms with Crippen molar-refractivity contribution in [2.24, 2.45) is 0 Å². The molecule has 5 rings (SSSR count). The molecule has 11 heteroatoms. The zero-order chi connectivity index (χ0) is 25.3. The van der Waals surface area contributed by atoms with Crippen LogP contribution in [-0.2, 0) is 16.6 Å². The average Bonchev–Trinajstić information content (AvgIpc) is 2.89. The van der Waals surface area contributed by atoms with Gasteiger partial charge in [-0.05, 0) is 47.5 Å². The maximum Gasteiger partial charge on any atom is 0.336 e. The molecule has 0 aliphatic carbocycles. The van der Waals surface area contributed by atoms with E-state index < -0.39 is 16.1 Å². The lowest BCUT2D eigenvalue weighted by molar-refractivity contribution is 0.102. The highest BCUT2D eigenvalue weighted by atomic mass is 32.2. The molecule has 0 saturated heterocycles. The Morgan fingerprint density at radius 2 is 1.69 bits per heavy atom. The van der Waals surface area contributed by atoms with Crippen molar-refractivity contribution >= 4 is 39.0 Å². The molecule has 10 nitrogen and oxygen atoms in total. The van der Waals surface area contributed by atoms with Gasteiger partial charge in [-0.15, -0.1) is 0 Å². The SMILES string of the molecule is Nc1ccccc1NC(=O)c1ccc(CN2C(=O)Nc3ccc(-c4cncnc4)cc3S2(=O)=O)cc1. The van der Waals surface area contributed by atoms with Crippen molar-refractivity contribution < 1.29 is 18.0 Å². The Hall–Kier alpha value is -4.77. The lowest BCUT2D eigenvalue weighted by Crippen LogP contribution is -2.43. The van der Waals surface area contributed by atoms with Crippen molar-refractivity contribution in [1.29, 1.82) is 0 Å². The Balaban J connectivity index is 1.37. The topological polar surface area (TPSA) is 147 Å². The highest BCUT2D eigenvalue weighted by Crippen LogP contribution is 2.34. The fourth-order valence-corrected chi connectivity index (χ4v) is 5.25. The zero-order valence-electron chi connectivity index (χ0n) is 18.8. The smallest absolute Gasteiger partial charge is 0.336 e. The second kappa shape index (κ2) is 9.12. The Morgan fingerprint density at radius 1 is 0.972 bits per heavy atom. The standard InChI is InChI=1S/C25H20N6O4S/c26-20-3-1-2-4-21(20)29-24(32)17-7-5-16(6-8-17)14-31-25(33)30-22-10-9-18(11-23(22)36(31,34)35)19-12-27-15-28-13-19/h1-13,15H,14,26H2,(H,29,32)(H,30,33). The number of hydrogen-bond donors (Lipinski definition) is 3. The van der Waals surface area contributed by atoms with Crippen LogP contribution in [0.1, 0.15) is 15.9 Å². The fourth-order valence-electron chi connectivity index (χ4n) is 3.76. The number of amides is 3. The van der Waals surface area contributed by atoms with E-state index in [0.717, 1.165) is 4.31 Å². The van der Waals surface area contributed by atoms with Gasteiger partial charge in [-0.1, -0.05) is 30.3 Å². The second-order valence-electron chi connectivity index (χ2n) is 8.02. The van der Waals surface area contributed by atoms with Crippen LogP contribution in [-0.4, -0.2) is 34.6 Å². The first kappa shape index (κ1) is 23.0. The summed E-state index contributed by atoms with van der Waals surface area (Å²) in [7, 11) is -4.15. The molecule has 3 amide bonds. The molecule has 36 heavy (non-hydrogen) atoms. The minimum absolute atomic E-state index is 0.0279. The van der Waals surface area contributed by atoms with Gasteiger partial charge in [-0.3, -0.25) is 4.79 Å². The number of sulfonamides is 1. The van der Waals surface area contributed by atoms with E-state index in [1.165, 1.54) is 18.5 Å². The van der Waals surface area contributed by atoms with Crippen LogP contribution < -0.4 is 16.4 Å². The summed E-state index contributed by atoms with van der Waals surface area (Å²) in [5.74, 6) is -0.367. The van der Waals surface area contributed by atoms with Crippen LogP contribution in [0.5, 0.6) is 0 Å². The van der Waals surface area contributed by atoms with Gasteiger partial charge in [0.15, 0.2) is 0 Å². The van der Waals surface area contributed by atoms with E-state index in [2.05, 4.69) is 20.6 Å². The number of anilines is 3. The van der Waals surface area contributed by atoms with E-state index in [1.54, 1.807) is 67.0 Å². The number of nitrogens with zero attached hydrogens (tertiary/aromatic N) is 3. The first-order valence-corrected chi connectivity index (χ1v) is 12.2. The molecule has 0 bridgehead atoms. The molecule has 4 aromatic rings. The predicted molar refractivity (Wildman–Crippen MR) is 134 cm³/mol. The van der Waals surface area contributed by atoms with E-state index in [4.69, 9.17) is 5.73 Å². The monoisotopic (exact) mass is 500 g/mol. The van der Waals surface area contributed by atoms with E-state index in [9.17, 15) is 18.0 Å². The summed E-state index contributed by atoms with van der Waals surface area (Å²) in [6.45, 7) is -0.209. The van der Waals surface area contributed by atoms with Crippen LogP contribution in [0.15, 0.2) is 90.3 Å². The molecular weight excluding hydrogens is 480 g/mol. The van der Waals surface area contributed by atoms with Crippen LogP contribution in [0, 0.1) is 0 Å². The first-order valence-electron chi connectivity index (χ1n) is 10.8. The molecule has 2 heterocycles. The number of rotatable bonds is 5. The molecule has 0 atom stereocenters. The quantitative estimate of drug-likeness (QED) is 0.354. The number of carbonyl (C=O) groups is 2. The van der Waals surface area contributed by atoms with E-state index in [-0.39, 0.29) is 23.0 Å². The van der Waals surface area contributed by atoms with Gasteiger partial charge in [0.2, 0.25) is 0 Å². The van der Waals surface area contributed by atoms with Crippen molar-refractivity contribution in [3.8, 4) is 11.1 Å². The molecule has 0 radical (unpaired) electrons. The summed E-state index contributed by atoms with van der Waals surface area (Å²) in [6, 6.07) is 17.1. The summed E-state index contributed by atoms with van der Waals surface area (Å²) in [4.78, 5) is 33.1. The number of urea groups is 1. The third-order valence-corrected chi connectivity index (χ3v) is 7.43. The van der Waals surface area contributed by atoms with E-state index >= 15 is 0 Å². The van der Waals surface area contributed by atoms with Crippen molar-refractivity contribution in [2.45, 2.75) is 11.4 Å². The average molecular weight is 501 g/mol. The number of nitrogens with one attached hydrogen (secondary N) is 2. The Bertz CT molecular complexity index is 1570. The van der Waals surface area contributed by atoms with Gasteiger partial charge in [0, 0.05) is 23.5 Å². The van der Waals surface area contributed by atoms with Crippen LogP contribution >= 0.6 is 0 Å². The van der Waals surface area contributed by atoms with Gasteiger partial charge >= 0.3 is 6.03 Å². The van der Waals surface area contributed by atoms with Crippen molar-refractivity contribution in [3.63, 3.8) is 0 Å². The number of benzene rings is 3. The van der Waals surface area contributed by atoms with Crippen LogP contribution in [0.2, 0.25) is 0 Å². The van der Waals surface area contributed by atoms with Gasteiger partial charge in [0.1, 0.15) is 11.2 Å². The van der Waals surface area contributed by atoms with Crippen molar-refractivity contribution in [3.05, 3.63) is 96.6 Å². The maximum atomic E-state index is 13.4. The summed E-state index contributed by atoms with van der Waals surface area (Å²) >= 11 is 0. The molecule has 0 fully saturated rings. The summed E-state index contributed by atoms with van der Waals surface area (Å²) in [6.07, 6.45) is 4.53. The maximum absolute atomic E-state index is 13.4. The van der Waals surface area contributed by atoms with Crippen LogP contribution in [0.25, 0.3) is 11.1 Å². The molecule has 0 unspecified atom stereocenters.